The van der Waals surface area contributed by atoms with Crippen LogP contribution in [-0.4, -0.2) is 49.6 Å². The van der Waals surface area contributed by atoms with Gasteiger partial charge in [0.25, 0.3) is 5.91 Å². The molecule has 0 atom stereocenters. The van der Waals surface area contributed by atoms with Crippen molar-refractivity contribution in [2.24, 2.45) is 0 Å². The van der Waals surface area contributed by atoms with E-state index in [-0.39, 0.29) is 5.91 Å². The van der Waals surface area contributed by atoms with Crippen molar-refractivity contribution < 1.29 is 9.53 Å². The Labute approximate surface area is 102 Å². The summed E-state index contributed by atoms with van der Waals surface area (Å²) in [7, 11) is 3.42. The zero-order chi connectivity index (χ0) is 12.7. The van der Waals surface area contributed by atoms with Crippen LogP contribution in [0.1, 0.15) is 17.3 Å². The molecule has 0 fully saturated rings. The topological polar surface area (TPSA) is 54.5 Å². The van der Waals surface area contributed by atoms with Gasteiger partial charge in [-0.15, -0.1) is 0 Å². The third kappa shape index (κ3) is 4.40. The Balaban J connectivity index is 2.47. The molecule has 17 heavy (non-hydrogen) atoms. The molecule has 0 aliphatic rings. The number of likely N-dealkylation sites (N-methyl/N-ethyl adjacent to an activating group) is 1. The zero-order valence-electron chi connectivity index (χ0n) is 10.6. The van der Waals surface area contributed by atoms with Crippen LogP contribution in [0.2, 0.25) is 0 Å². The fraction of sp³-hybridized carbons (Fsp3) is 0.500. The summed E-state index contributed by atoms with van der Waals surface area (Å²) in [5, 5.41) is 3.15. The number of carbonyl (C=O) groups is 1. The van der Waals surface area contributed by atoms with E-state index < -0.39 is 0 Å². The number of ether oxygens (including phenoxy) is 1. The van der Waals surface area contributed by atoms with Crippen LogP contribution in [0.5, 0.6) is 5.88 Å². The summed E-state index contributed by atoms with van der Waals surface area (Å²) in [6.45, 7) is 4.32. The largest absolute Gasteiger partial charge is 0.476 e. The van der Waals surface area contributed by atoms with E-state index >= 15 is 0 Å². The molecular formula is C12H19N3O2. The van der Waals surface area contributed by atoms with E-state index in [1.54, 1.807) is 26.2 Å². The van der Waals surface area contributed by atoms with Crippen molar-refractivity contribution in [2.75, 3.05) is 33.8 Å². The molecule has 1 N–H and O–H groups in total. The van der Waals surface area contributed by atoms with Gasteiger partial charge < -0.3 is 15.0 Å². The molecule has 94 valence electrons. The van der Waals surface area contributed by atoms with Crippen LogP contribution in [0.25, 0.3) is 0 Å². The number of nitrogens with zero attached hydrogens (tertiary/aromatic N) is 2. The lowest BCUT2D eigenvalue weighted by Crippen LogP contribution is -2.22. The van der Waals surface area contributed by atoms with E-state index in [1.807, 2.05) is 6.92 Å². The molecule has 0 unspecified atom stereocenters. The number of hydrogen-bond acceptors (Lipinski definition) is 4. The number of nitrogens with one attached hydrogen (secondary N) is 1. The molecule has 5 nitrogen and oxygen atoms in total. The van der Waals surface area contributed by atoms with Gasteiger partial charge in [0, 0.05) is 32.9 Å². The molecule has 0 aliphatic carbocycles. The van der Waals surface area contributed by atoms with Gasteiger partial charge in [0.15, 0.2) is 0 Å². The van der Waals surface area contributed by atoms with Gasteiger partial charge in [0.1, 0.15) is 6.61 Å². The van der Waals surface area contributed by atoms with Gasteiger partial charge >= 0.3 is 0 Å². The van der Waals surface area contributed by atoms with Crippen molar-refractivity contribution in [2.45, 2.75) is 6.92 Å². The normalized spacial score (nSPS) is 10.1. The lowest BCUT2D eigenvalue weighted by molar-refractivity contribution is 0.0827. The molecule has 1 aromatic rings. The van der Waals surface area contributed by atoms with Crippen molar-refractivity contribution in [3.05, 3.63) is 23.9 Å². The molecule has 0 aliphatic heterocycles. The van der Waals surface area contributed by atoms with Crippen LogP contribution >= 0.6 is 0 Å². The minimum absolute atomic E-state index is 0.0586. The second kappa shape index (κ2) is 6.85. The number of aromatic nitrogens is 1. The van der Waals surface area contributed by atoms with E-state index in [1.165, 1.54) is 11.1 Å². The summed E-state index contributed by atoms with van der Waals surface area (Å²) in [6.07, 6.45) is 1.53. The molecule has 0 aromatic carbocycles. The van der Waals surface area contributed by atoms with Crippen molar-refractivity contribution >= 4 is 5.91 Å². The first-order valence-corrected chi connectivity index (χ1v) is 5.66. The molecule has 1 rings (SSSR count). The third-order valence-electron chi connectivity index (χ3n) is 2.17. The molecule has 0 radical (unpaired) electrons. The summed E-state index contributed by atoms with van der Waals surface area (Å²) >= 11 is 0. The Kier molecular flexibility index (Phi) is 5.42. The predicted molar refractivity (Wildman–Crippen MR) is 66.3 cm³/mol. The third-order valence-corrected chi connectivity index (χ3v) is 2.17. The second-order valence-corrected chi connectivity index (χ2v) is 3.79. The molecule has 1 aromatic heterocycles. The highest BCUT2D eigenvalue weighted by Crippen LogP contribution is 2.08. The number of rotatable bonds is 6. The van der Waals surface area contributed by atoms with Crippen LogP contribution in [0.15, 0.2) is 18.3 Å². The van der Waals surface area contributed by atoms with E-state index in [0.29, 0.717) is 18.1 Å². The SMILES string of the molecule is CCNCCOc1ccc(C(=O)N(C)C)cn1. The van der Waals surface area contributed by atoms with Crippen molar-refractivity contribution in [3.63, 3.8) is 0 Å². The molecule has 0 spiro atoms. The molecular weight excluding hydrogens is 218 g/mol. The van der Waals surface area contributed by atoms with Gasteiger partial charge in [-0.2, -0.15) is 0 Å². The Morgan fingerprint density at radius 2 is 2.24 bits per heavy atom. The van der Waals surface area contributed by atoms with Crippen molar-refractivity contribution in [1.82, 2.24) is 15.2 Å². The average molecular weight is 237 g/mol. The zero-order valence-corrected chi connectivity index (χ0v) is 10.6. The molecule has 0 saturated carbocycles. The second-order valence-electron chi connectivity index (χ2n) is 3.79. The highest BCUT2D eigenvalue weighted by Gasteiger charge is 2.07. The quantitative estimate of drug-likeness (QED) is 0.743. The summed E-state index contributed by atoms with van der Waals surface area (Å²) in [5.74, 6) is 0.481. The van der Waals surface area contributed by atoms with Gasteiger partial charge in [-0.1, -0.05) is 6.92 Å². The standard InChI is InChI=1S/C12H19N3O2/c1-4-13-7-8-17-11-6-5-10(9-14-11)12(16)15(2)3/h5-6,9,13H,4,7-8H2,1-3H3. The van der Waals surface area contributed by atoms with Crippen LogP contribution in [-0.2, 0) is 0 Å². The Hall–Kier alpha value is -1.62. The van der Waals surface area contributed by atoms with Crippen molar-refractivity contribution in [1.29, 1.82) is 0 Å². The molecule has 1 amide bonds. The smallest absolute Gasteiger partial charge is 0.254 e. The van der Waals surface area contributed by atoms with E-state index in [9.17, 15) is 4.79 Å². The molecule has 1 heterocycles. The summed E-state index contributed by atoms with van der Waals surface area (Å²) < 4.78 is 5.40. The van der Waals surface area contributed by atoms with Crippen LogP contribution in [0.4, 0.5) is 0 Å². The van der Waals surface area contributed by atoms with Crippen LogP contribution in [0.3, 0.4) is 0 Å². The molecule has 0 bridgehead atoms. The van der Waals surface area contributed by atoms with Crippen LogP contribution < -0.4 is 10.1 Å². The summed E-state index contributed by atoms with van der Waals surface area (Å²) in [6, 6.07) is 3.43. The molecule has 5 heteroatoms. The first kappa shape index (κ1) is 13.4. The van der Waals surface area contributed by atoms with E-state index in [2.05, 4.69) is 10.3 Å². The molecule has 0 saturated heterocycles. The van der Waals surface area contributed by atoms with Gasteiger partial charge in [-0.25, -0.2) is 4.98 Å². The first-order valence-electron chi connectivity index (χ1n) is 5.66. The maximum Gasteiger partial charge on any atom is 0.254 e. The maximum absolute atomic E-state index is 11.6. The van der Waals surface area contributed by atoms with Gasteiger partial charge in [-0.05, 0) is 12.6 Å². The van der Waals surface area contributed by atoms with E-state index in [0.717, 1.165) is 13.1 Å². The Morgan fingerprint density at radius 3 is 2.76 bits per heavy atom. The average Bonchev–Trinajstić information content (AvgIpc) is 2.34. The minimum atomic E-state index is -0.0586. The fourth-order valence-corrected chi connectivity index (χ4v) is 1.25. The Bertz CT molecular complexity index is 349. The summed E-state index contributed by atoms with van der Waals surface area (Å²) in [5.41, 5.74) is 0.564. The monoisotopic (exact) mass is 237 g/mol. The lowest BCUT2D eigenvalue weighted by Gasteiger charge is -2.10. The van der Waals surface area contributed by atoms with Gasteiger partial charge in [0.2, 0.25) is 5.88 Å². The number of hydrogen-bond donors (Lipinski definition) is 1. The van der Waals surface area contributed by atoms with Crippen LogP contribution in [0, 0.1) is 0 Å². The fourth-order valence-electron chi connectivity index (χ4n) is 1.25. The first-order chi connectivity index (χ1) is 8.15. The van der Waals surface area contributed by atoms with E-state index in [4.69, 9.17) is 4.74 Å². The predicted octanol–water partition coefficient (Wildman–Crippen LogP) is 0.772. The van der Waals surface area contributed by atoms with Crippen molar-refractivity contribution in [3.8, 4) is 5.88 Å². The van der Waals surface area contributed by atoms with Gasteiger partial charge in [-0.3, -0.25) is 4.79 Å². The maximum atomic E-state index is 11.6. The minimum Gasteiger partial charge on any atom is -0.476 e. The number of pyridine rings is 1. The number of amides is 1. The van der Waals surface area contributed by atoms with Gasteiger partial charge in [0.05, 0.1) is 5.56 Å². The summed E-state index contributed by atoms with van der Waals surface area (Å²) in [4.78, 5) is 17.2. The lowest BCUT2D eigenvalue weighted by atomic mass is 10.2. The number of carbonyl (C=O) groups excluding carboxylic acids is 1. The highest BCUT2D eigenvalue weighted by atomic mass is 16.5. The Morgan fingerprint density at radius 1 is 1.47 bits per heavy atom. The highest BCUT2D eigenvalue weighted by molar-refractivity contribution is 5.93.